The summed E-state index contributed by atoms with van der Waals surface area (Å²) >= 11 is 0. The van der Waals surface area contributed by atoms with Crippen LogP contribution in [-0.4, -0.2) is 22.6 Å². The smallest absolute Gasteiger partial charge is 0.298 e. The van der Waals surface area contributed by atoms with E-state index in [1.54, 1.807) is 6.92 Å². The average Bonchev–Trinajstić information content (AvgIpc) is 3.29. The summed E-state index contributed by atoms with van der Waals surface area (Å²) in [6.45, 7) is 1.74. The van der Waals surface area contributed by atoms with Gasteiger partial charge in [0, 0.05) is 23.6 Å². The van der Waals surface area contributed by atoms with E-state index in [1.807, 2.05) is 5.32 Å². The highest BCUT2D eigenvalue weighted by atomic mass is 16.7. The highest BCUT2D eigenvalue weighted by Gasteiger charge is 2.25. The van der Waals surface area contributed by atoms with Crippen LogP contribution in [0.15, 0.2) is 29.4 Å². The van der Waals surface area contributed by atoms with Gasteiger partial charge in [0.25, 0.3) is 11.6 Å². The fourth-order valence-electron chi connectivity index (χ4n) is 1.64. The van der Waals surface area contributed by atoms with Gasteiger partial charge < -0.3 is 0 Å². The third kappa shape index (κ3) is 4.10. The lowest BCUT2D eigenvalue weighted by molar-refractivity contribution is -0.384. The van der Waals surface area contributed by atoms with Crippen molar-refractivity contribution in [2.75, 3.05) is 0 Å². The predicted octanol–water partition coefficient (Wildman–Crippen LogP) is 2.25. The van der Waals surface area contributed by atoms with Crippen LogP contribution in [-0.2, 0) is 4.84 Å². The van der Waals surface area contributed by atoms with Crippen molar-refractivity contribution in [1.82, 2.24) is 5.32 Å². The maximum Gasteiger partial charge on any atom is 0.440 e. The summed E-state index contributed by atoms with van der Waals surface area (Å²) in [7, 11) is 0. The Morgan fingerprint density at radius 2 is 2.14 bits per heavy atom. The van der Waals surface area contributed by atoms with Gasteiger partial charge in [-0.15, -0.1) is 0 Å². The van der Waals surface area contributed by atoms with E-state index >= 15 is 0 Å². The third-order valence-electron chi connectivity index (χ3n) is 2.98. The highest BCUT2D eigenvalue weighted by Crippen LogP contribution is 2.30. The highest BCUT2D eigenvalue weighted by molar-refractivity contribution is 6.03. The van der Waals surface area contributed by atoms with E-state index in [9.17, 15) is 19.7 Å². The lowest BCUT2D eigenvalue weighted by atomic mass is 10.2. The van der Waals surface area contributed by atoms with Crippen LogP contribution in [0.4, 0.5) is 10.5 Å². The predicted molar refractivity (Wildman–Crippen MR) is 72.9 cm³/mol. The number of imide groups is 1. The number of nitrogens with zero attached hydrogens (tertiary/aromatic N) is 2. The van der Waals surface area contributed by atoms with Crippen LogP contribution in [0.1, 0.15) is 30.1 Å². The quantitative estimate of drug-likeness (QED) is 0.396. The summed E-state index contributed by atoms with van der Waals surface area (Å²) in [5.74, 6) is -0.437. The number of benzene rings is 1. The van der Waals surface area contributed by atoms with Crippen molar-refractivity contribution in [3.05, 3.63) is 39.9 Å². The first-order valence-electron chi connectivity index (χ1n) is 6.28. The number of oxime groups is 1. The fourth-order valence-corrected chi connectivity index (χ4v) is 1.64. The molecule has 0 radical (unpaired) electrons. The van der Waals surface area contributed by atoms with E-state index in [0.717, 1.165) is 18.9 Å². The number of hydrogen-bond donors (Lipinski definition) is 1. The topological polar surface area (TPSA) is 111 Å². The molecule has 8 nitrogen and oxygen atoms in total. The summed E-state index contributed by atoms with van der Waals surface area (Å²) in [5.41, 5.74) is 0.454. The van der Waals surface area contributed by atoms with Crippen LogP contribution in [0.2, 0.25) is 0 Å². The SMILES string of the molecule is C/C(=N\OC(=O)NC(=O)c1cccc([N+](=O)[O-])c1)C1CC1. The van der Waals surface area contributed by atoms with Crippen LogP contribution in [0.3, 0.4) is 0 Å². The molecule has 1 aliphatic rings. The number of nitro groups is 1. The maximum atomic E-state index is 11.7. The second kappa shape index (κ2) is 6.12. The Kier molecular flexibility index (Phi) is 4.27. The summed E-state index contributed by atoms with van der Waals surface area (Å²) in [5, 5.41) is 16.2. The van der Waals surface area contributed by atoms with Gasteiger partial charge in [-0.1, -0.05) is 11.2 Å². The molecule has 0 spiro atoms. The van der Waals surface area contributed by atoms with Gasteiger partial charge in [0.15, 0.2) is 0 Å². The first-order valence-corrected chi connectivity index (χ1v) is 6.28. The molecule has 1 saturated carbocycles. The van der Waals surface area contributed by atoms with Crippen LogP contribution in [0.25, 0.3) is 0 Å². The minimum atomic E-state index is -1.02. The molecule has 1 aromatic carbocycles. The van der Waals surface area contributed by atoms with E-state index in [0.29, 0.717) is 11.6 Å². The molecular formula is C13H13N3O5. The van der Waals surface area contributed by atoms with Gasteiger partial charge >= 0.3 is 6.09 Å². The van der Waals surface area contributed by atoms with Gasteiger partial charge in [0.1, 0.15) is 0 Å². The first kappa shape index (κ1) is 14.6. The maximum absolute atomic E-state index is 11.7. The summed E-state index contributed by atoms with van der Waals surface area (Å²) in [6, 6.07) is 5.03. The molecule has 1 fully saturated rings. The third-order valence-corrected chi connectivity index (χ3v) is 2.98. The van der Waals surface area contributed by atoms with Crippen molar-refractivity contribution in [2.24, 2.45) is 11.1 Å². The Bertz CT molecular complexity index is 622. The zero-order valence-electron chi connectivity index (χ0n) is 11.2. The van der Waals surface area contributed by atoms with Crippen LogP contribution >= 0.6 is 0 Å². The van der Waals surface area contributed by atoms with Crippen molar-refractivity contribution in [1.29, 1.82) is 0 Å². The standard InChI is InChI=1S/C13H13N3O5/c1-8(9-5-6-9)15-21-13(18)14-12(17)10-3-2-4-11(7-10)16(19)20/h2-4,7,9H,5-6H2,1H3,(H,14,17,18)/b15-8+. The molecule has 1 aliphatic carbocycles. The first-order chi connectivity index (χ1) is 9.97. The van der Waals surface area contributed by atoms with E-state index in [-0.39, 0.29) is 11.3 Å². The minimum absolute atomic E-state index is 0.0101. The number of nitrogens with one attached hydrogen (secondary N) is 1. The molecule has 0 atom stereocenters. The van der Waals surface area contributed by atoms with Gasteiger partial charge in [-0.2, -0.15) is 0 Å². The van der Waals surface area contributed by atoms with E-state index in [2.05, 4.69) is 9.99 Å². The molecule has 110 valence electrons. The summed E-state index contributed by atoms with van der Waals surface area (Å²) in [6.07, 6.45) is 1.02. The second-order valence-electron chi connectivity index (χ2n) is 4.65. The van der Waals surface area contributed by atoms with E-state index < -0.39 is 16.9 Å². The molecule has 1 N–H and O–H groups in total. The zero-order chi connectivity index (χ0) is 15.4. The Morgan fingerprint density at radius 1 is 1.43 bits per heavy atom. The number of amides is 2. The number of rotatable bonds is 4. The molecule has 0 saturated heterocycles. The largest absolute Gasteiger partial charge is 0.440 e. The van der Waals surface area contributed by atoms with Crippen LogP contribution in [0.5, 0.6) is 0 Å². The molecule has 0 bridgehead atoms. The molecule has 21 heavy (non-hydrogen) atoms. The Hall–Kier alpha value is -2.77. The molecular weight excluding hydrogens is 278 g/mol. The zero-order valence-corrected chi connectivity index (χ0v) is 11.2. The van der Waals surface area contributed by atoms with Gasteiger partial charge in [-0.05, 0) is 25.8 Å². The monoisotopic (exact) mass is 291 g/mol. The van der Waals surface area contributed by atoms with Crippen molar-refractivity contribution in [3.63, 3.8) is 0 Å². The molecule has 0 heterocycles. The normalized spacial score (nSPS) is 14.4. The summed E-state index contributed by atoms with van der Waals surface area (Å²) in [4.78, 5) is 37.7. The number of hydrogen-bond acceptors (Lipinski definition) is 6. The van der Waals surface area contributed by atoms with Crippen molar-refractivity contribution in [3.8, 4) is 0 Å². The second-order valence-corrected chi connectivity index (χ2v) is 4.65. The number of carbonyl (C=O) groups is 2. The van der Waals surface area contributed by atoms with E-state index in [1.165, 1.54) is 18.2 Å². The molecule has 2 rings (SSSR count). The Labute approximate surface area is 119 Å². The average molecular weight is 291 g/mol. The number of carbonyl (C=O) groups excluding carboxylic acids is 2. The summed E-state index contributed by atoms with van der Waals surface area (Å²) < 4.78 is 0. The number of nitro benzene ring substituents is 1. The molecule has 2 amide bonds. The molecule has 1 aromatic rings. The lowest BCUT2D eigenvalue weighted by Gasteiger charge is -2.02. The van der Waals surface area contributed by atoms with Gasteiger partial charge in [0.05, 0.1) is 10.6 Å². The number of non-ortho nitro benzene ring substituents is 1. The van der Waals surface area contributed by atoms with Gasteiger partial charge in [0.2, 0.25) is 0 Å². The van der Waals surface area contributed by atoms with Crippen LogP contribution in [0, 0.1) is 16.0 Å². The Morgan fingerprint density at radius 3 is 2.76 bits per heavy atom. The van der Waals surface area contributed by atoms with E-state index in [4.69, 9.17) is 0 Å². The van der Waals surface area contributed by atoms with Crippen molar-refractivity contribution < 1.29 is 19.3 Å². The van der Waals surface area contributed by atoms with Crippen molar-refractivity contribution >= 4 is 23.4 Å². The fraction of sp³-hybridized carbons (Fsp3) is 0.308. The molecule has 0 unspecified atom stereocenters. The van der Waals surface area contributed by atoms with Gasteiger partial charge in [-0.25, -0.2) is 4.79 Å². The van der Waals surface area contributed by atoms with Crippen molar-refractivity contribution in [2.45, 2.75) is 19.8 Å². The molecule has 8 heteroatoms. The lowest BCUT2D eigenvalue weighted by Crippen LogP contribution is -2.30. The Balaban J connectivity index is 1.94. The molecule has 0 aliphatic heterocycles. The van der Waals surface area contributed by atoms with Gasteiger partial charge in [-0.3, -0.25) is 25.1 Å². The molecule has 0 aromatic heterocycles. The van der Waals surface area contributed by atoms with Crippen LogP contribution < -0.4 is 5.32 Å². The minimum Gasteiger partial charge on any atom is -0.298 e.